The molecule has 1 fully saturated rings. The van der Waals surface area contributed by atoms with Crippen molar-refractivity contribution < 1.29 is 4.79 Å². The minimum Gasteiger partial charge on any atom is -0.339 e. The average Bonchev–Trinajstić information content (AvgIpc) is 2.82. The van der Waals surface area contributed by atoms with E-state index in [0.29, 0.717) is 24.5 Å². The summed E-state index contributed by atoms with van der Waals surface area (Å²) >= 11 is 5.95. The Balaban J connectivity index is 1.41. The summed E-state index contributed by atoms with van der Waals surface area (Å²) in [4.78, 5) is 17.3. The number of carbonyl (C=O) groups excluding carboxylic acids is 1. The van der Waals surface area contributed by atoms with Crippen molar-refractivity contribution in [3.63, 3.8) is 0 Å². The van der Waals surface area contributed by atoms with Crippen LogP contribution in [-0.2, 0) is 11.2 Å². The van der Waals surface area contributed by atoms with Gasteiger partial charge < -0.3 is 10.6 Å². The molecule has 4 rings (SSSR count). The van der Waals surface area contributed by atoms with Crippen LogP contribution in [0.25, 0.3) is 0 Å². The largest absolute Gasteiger partial charge is 0.339 e. The van der Waals surface area contributed by atoms with Crippen molar-refractivity contribution in [1.82, 2.24) is 9.80 Å². The van der Waals surface area contributed by atoms with Gasteiger partial charge >= 0.3 is 0 Å². The Hall–Kier alpha value is -2.66. The Morgan fingerprint density at radius 2 is 1.32 bits per heavy atom. The quantitative estimate of drug-likeness (QED) is 0.635. The summed E-state index contributed by atoms with van der Waals surface area (Å²) in [5, 5.41) is 0.686. The van der Waals surface area contributed by atoms with E-state index in [2.05, 4.69) is 53.4 Å². The van der Waals surface area contributed by atoms with Crippen LogP contribution in [0.1, 0.15) is 22.7 Å². The van der Waals surface area contributed by atoms with Crippen LogP contribution >= 0.6 is 11.6 Å². The standard InChI is InChI=1S/C26H28ClN3O/c27-23-13-11-20(12-14-23)19-24(28)26(31)30-17-15-29(16-18-30)25(21-7-3-1-4-8-21)22-9-5-2-6-10-22/h1-14,24-25H,15-19,28H2. The number of halogens is 1. The molecule has 1 aliphatic rings. The van der Waals surface area contributed by atoms with Gasteiger partial charge in [-0.3, -0.25) is 9.69 Å². The Labute approximate surface area is 189 Å². The molecule has 3 aromatic rings. The predicted molar refractivity (Wildman–Crippen MR) is 126 cm³/mol. The number of carbonyl (C=O) groups is 1. The van der Waals surface area contributed by atoms with Crippen molar-refractivity contribution in [1.29, 1.82) is 0 Å². The van der Waals surface area contributed by atoms with Crippen molar-refractivity contribution in [3.8, 4) is 0 Å². The highest BCUT2D eigenvalue weighted by Crippen LogP contribution is 2.29. The fraction of sp³-hybridized carbons (Fsp3) is 0.269. The van der Waals surface area contributed by atoms with Gasteiger partial charge in [0, 0.05) is 31.2 Å². The van der Waals surface area contributed by atoms with Crippen LogP contribution in [0.15, 0.2) is 84.9 Å². The first-order valence-electron chi connectivity index (χ1n) is 10.7. The molecule has 1 amide bonds. The molecule has 4 nitrogen and oxygen atoms in total. The molecule has 0 radical (unpaired) electrons. The number of hydrogen-bond acceptors (Lipinski definition) is 3. The van der Waals surface area contributed by atoms with E-state index in [-0.39, 0.29) is 11.9 Å². The number of benzene rings is 3. The lowest BCUT2D eigenvalue weighted by atomic mass is 9.96. The molecule has 160 valence electrons. The van der Waals surface area contributed by atoms with Gasteiger partial charge in [0.05, 0.1) is 12.1 Å². The van der Waals surface area contributed by atoms with Gasteiger partial charge in [-0.15, -0.1) is 0 Å². The maximum absolute atomic E-state index is 12.9. The zero-order valence-corrected chi connectivity index (χ0v) is 18.3. The van der Waals surface area contributed by atoms with Crippen molar-refractivity contribution in [2.45, 2.75) is 18.5 Å². The molecule has 0 aliphatic carbocycles. The molecule has 0 aromatic heterocycles. The molecular weight excluding hydrogens is 406 g/mol. The summed E-state index contributed by atoms with van der Waals surface area (Å²) in [6, 6.07) is 28.3. The number of hydrogen-bond donors (Lipinski definition) is 1. The number of piperazine rings is 1. The second-order valence-corrected chi connectivity index (χ2v) is 8.46. The first kappa shape index (κ1) is 21.6. The lowest BCUT2D eigenvalue weighted by molar-refractivity contribution is -0.134. The highest BCUT2D eigenvalue weighted by atomic mass is 35.5. The summed E-state index contributed by atoms with van der Waals surface area (Å²) in [6.45, 7) is 2.99. The third kappa shape index (κ3) is 5.34. The Morgan fingerprint density at radius 3 is 1.84 bits per heavy atom. The zero-order valence-electron chi connectivity index (χ0n) is 17.5. The predicted octanol–water partition coefficient (Wildman–Crippen LogP) is 4.14. The fourth-order valence-corrected chi connectivity index (χ4v) is 4.41. The molecule has 0 spiro atoms. The van der Waals surface area contributed by atoms with Gasteiger partial charge in [-0.1, -0.05) is 84.4 Å². The second-order valence-electron chi connectivity index (χ2n) is 8.02. The summed E-state index contributed by atoms with van der Waals surface area (Å²) in [5.41, 5.74) is 9.82. The van der Waals surface area contributed by atoms with E-state index in [1.54, 1.807) is 0 Å². The molecule has 0 bridgehead atoms. The van der Waals surface area contributed by atoms with E-state index in [0.717, 1.165) is 18.7 Å². The fourth-order valence-electron chi connectivity index (χ4n) is 4.28. The smallest absolute Gasteiger partial charge is 0.239 e. The summed E-state index contributed by atoms with van der Waals surface area (Å²) in [7, 11) is 0. The van der Waals surface area contributed by atoms with Crippen LogP contribution in [0, 0.1) is 0 Å². The maximum atomic E-state index is 12.9. The minimum absolute atomic E-state index is 0.0190. The molecule has 1 heterocycles. The summed E-state index contributed by atoms with van der Waals surface area (Å²) < 4.78 is 0. The first-order valence-corrected chi connectivity index (χ1v) is 11.1. The van der Waals surface area contributed by atoms with E-state index < -0.39 is 6.04 Å². The van der Waals surface area contributed by atoms with Crippen LogP contribution in [0.4, 0.5) is 0 Å². The van der Waals surface area contributed by atoms with Gasteiger partial charge in [0.1, 0.15) is 0 Å². The van der Waals surface area contributed by atoms with Crippen molar-refractivity contribution >= 4 is 17.5 Å². The Bertz CT molecular complexity index is 931. The van der Waals surface area contributed by atoms with Gasteiger partial charge in [-0.25, -0.2) is 0 Å². The van der Waals surface area contributed by atoms with E-state index in [4.69, 9.17) is 17.3 Å². The molecule has 0 saturated carbocycles. The lowest BCUT2D eigenvalue weighted by Crippen LogP contribution is -2.54. The van der Waals surface area contributed by atoms with Gasteiger partial charge in [0.2, 0.25) is 5.91 Å². The van der Waals surface area contributed by atoms with E-state index in [9.17, 15) is 4.79 Å². The normalized spacial score (nSPS) is 15.8. The number of rotatable bonds is 6. The first-order chi connectivity index (χ1) is 15.1. The minimum atomic E-state index is -0.535. The van der Waals surface area contributed by atoms with Gasteiger partial charge in [0.15, 0.2) is 0 Å². The van der Waals surface area contributed by atoms with Gasteiger partial charge in [-0.05, 0) is 35.2 Å². The molecule has 5 heteroatoms. The molecule has 1 atom stereocenters. The topological polar surface area (TPSA) is 49.6 Å². The van der Waals surface area contributed by atoms with Crippen molar-refractivity contribution in [2.24, 2.45) is 5.73 Å². The van der Waals surface area contributed by atoms with E-state index >= 15 is 0 Å². The third-order valence-electron chi connectivity index (χ3n) is 5.91. The highest BCUT2D eigenvalue weighted by Gasteiger charge is 2.29. The average molecular weight is 434 g/mol. The van der Waals surface area contributed by atoms with E-state index in [1.807, 2.05) is 41.3 Å². The number of nitrogens with two attached hydrogens (primary N) is 1. The molecule has 2 N–H and O–H groups in total. The monoisotopic (exact) mass is 433 g/mol. The van der Waals surface area contributed by atoms with E-state index in [1.165, 1.54) is 11.1 Å². The summed E-state index contributed by atoms with van der Waals surface area (Å²) in [5.74, 6) is 0.0190. The maximum Gasteiger partial charge on any atom is 0.239 e. The SMILES string of the molecule is NC(Cc1ccc(Cl)cc1)C(=O)N1CCN(C(c2ccccc2)c2ccccc2)CC1. The Morgan fingerprint density at radius 1 is 0.806 bits per heavy atom. The molecule has 1 unspecified atom stereocenters. The second kappa shape index (κ2) is 10.1. The number of amides is 1. The zero-order chi connectivity index (χ0) is 21.6. The van der Waals surface area contributed by atoms with Crippen LogP contribution in [0.5, 0.6) is 0 Å². The lowest BCUT2D eigenvalue weighted by Gasteiger charge is -2.40. The molecule has 3 aromatic carbocycles. The third-order valence-corrected chi connectivity index (χ3v) is 6.16. The van der Waals surface area contributed by atoms with Crippen molar-refractivity contribution in [2.75, 3.05) is 26.2 Å². The van der Waals surface area contributed by atoms with Crippen LogP contribution in [0.2, 0.25) is 5.02 Å². The molecule has 31 heavy (non-hydrogen) atoms. The number of nitrogens with zero attached hydrogens (tertiary/aromatic N) is 2. The highest BCUT2D eigenvalue weighted by molar-refractivity contribution is 6.30. The summed E-state index contributed by atoms with van der Waals surface area (Å²) in [6.07, 6.45) is 0.521. The van der Waals surface area contributed by atoms with Crippen LogP contribution in [-0.4, -0.2) is 47.9 Å². The molecule has 1 saturated heterocycles. The molecule has 1 aliphatic heterocycles. The molecular formula is C26H28ClN3O. The van der Waals surface area contributed by atoms with Crippen LogP contribution < -0.4 is 5.73 Å². The van der Waals surface area contributed by atoms with Crippen LogP contribution in [0.3, 0.4) is 0 Å². The van der Waals surface area contributed by atoms with Gasteiger partial charge in [-0.2, -0.15) is 0 Å². The van der Waals surface area contributed by atoms with Crippen molar-refractivity contribution in [3.05, 3.63) is 107 Å². The van der Waals surface area contributed by atoms with Gasteiger partial charge in [0.25, 0.3) is 0 Å². The Kier molecular flexibility index (Phi) is 7.03.